The summed E-state index contributed by atoms with van der Waals surface area (Å²) >= 11 is 0. The molecule has 3 amide bonds. The van der Waals surface area contributed by atoms with Crippen LogP contribution in [0.25, 0.3) is 0 Å². The molecule has 0 spiro atoms. The van der Waals surface area contributed by atoms with Gasteiger partial charge in [0.25, 0.3) is 0 Å². The highest BCUT2D eigenvalue weighted by atomic mass is 16.2. The van der Waals surface area contributed by atoms with Crippen LogP contribution in [0.15, 0.2) is 0 Å². The Bertz CT molecular complexity index is 334. The van der Waals surface area contributed by atoms with Crippen LogP contribution in [-0.2, 0) is 14.4 Å². The molecule has 6 nitrogen and oxygen atoms in total. The lowest BCUT2D eigenvalue weighted by Crippen LogP contribution is -2.39. The summed E-state index contributed by atoms with van der Waals surface area (Å²) in [7, 11) is 0. The minimum atomic E-state index is -0.162. The molecule has 2 rings (SSSR count). The fourth-order valence-electron chi connectivity index (χ4n) is 2.34. The zero-order valence-electron chi connectivity index (χ0n) is 10.4. The summed E-state index contributed by atoms with van der Waals surface area (Å²) in [6.45, 7) is 1.85. The first-order valence-electron chi connectivity index (χ1n) is 6.50. The number of nitrogens with zero attached hydrogens (tertiary/aromatic N) is 1. The monoisotopic (exact) mass is 253 g/mol. The Kier molecular flexibility index (Phi) is 4.30. The van der Waals surface area contributed by atoms with E-state index in [1.807, 2.05) is 0 Å². The second-order valence-corrected chi connectivity index (χ2v) is 4.79. The van der Waals surface area contributed by atoms with E-state index in [-0.39, 0.29) is 43.5 Å². The lowest BCUT2D eigenvalue weighted by Gasteiger charge is -2.14. The van der Waals surface area contributed by atoms with Crippen molar-refractivity contribution in [2.45, 2.75) is 38.1 Å². The molecule has 0 aromatic heterocycles. The van der Waals surface area contributed by atoms with E-state index < -0.39 is 0 Å². The number of nitrogens with one attached hydrogen (secondary N) is 2. The number of imide groups is 1. The van der Waals surface area contributed by atoms with Crippen LogP contribution in [0.2, 0.25) is 0 Å². The predicted octanol–water partition coefficient (Wildman–Crippen LogP) is -0.606. The summed E-state index contributed by atoms with van der Waals surface area (Å²) in [5.41, 5.74) is 0. The van der Waals surface area contributed by atoms with E-state index in [0.29, 0.717) is 12.6 Å². The van der Waals surface area contributed by atoms with E-state index in [9.17, 15) is 14.4 Å². The third-order valence-corrected chi connectivity index (χ3v) is 3.43. The van der Waals surface area contributed by atoms with Gasteiger partial charge in [0.15, 0.2) is 0 Å². The Morgan fingerprint density at radius 1 is 1.33 bits per heavy atom. The van der Waals surface area contributed by atoms with E-state index in [4.69, 9.17) is 0 Å². The molecule has 2 aliphatic rings. The molecule has 2 fully saturated rings. The van der Waals surface area contributed by atoms with E-state index in [2.05, 4.69) is 10.6 Å². The third-order valence-electron chi connectivity index (χ3n) is 3.43. The number of carbonyl (C=O) groups excluding carboxylic acids is 3. The zero-order valence-corrected chi connectivity index (χ0v) is 10.4. The highest BCUT2D eigenvalue weighted by Crippen LogP contribution is 2.11. The van der Waals surface area contributed by atoms with E-state index in [0.717, 1.165) is 19.4 Å². The van der Waals surface area contributed by atoms with Crippen LogP contribution in [0.3, 0.4) is 0 Å². The Labute approximate surface area is 106 Å². The van der Waals surface area contributed by atoms with Crippen molar-refractivity contribution in [2.75, 3.05) is 19.6 Å². The van der Waals surface area contributed by atoms with Crippen molar-refractivity contribution in [3.05, 3.63) is 0 Å². The molecule has 100 valence electrons. The van der Waals surface area contributed by atoms with Gasteiger partial charge in [-0.15, -0.1) is 0 Å². The van der Waals surface area contributed by atoms with E-state index in [1.165, 1.54) is 4.90 Å². The van der Waals surface area contributed by atoms with Crippen LogP contribution < -0.4 is 10.6 Å². The molecule has 18 heavy (non-hydrogen) atoms. The minimum Gasteiger partial charge on any atom is -0.354 e. The van der Waals surface area contributed by atoms with Crippen LogP contribution in [0.5, 0.6) is 0 Å². The molecular formula is C12H19N3O3. The summed E-state index contributed by atoms with van der Waals surface area (Å²) in [6.07, 6.45) is 3.00. The van der Waals surface area contributed by atoms with Crippen LogP contribution in [0.1, 0.15) is 32.1 Å². The number of rotatable bonds is 5. The summed E-state index contributed by atoms with van der Waals surface area (Å²) in [6, 6.07) is 0.365. The molecule has 2 aliphatic heterocycles. The molecule has 1 unspecified atom stereocenters. The van der Waals surface area contributed by atoms with Crippen molar-refractivity contribution in [1.29, 1.82) is 0 Å². The maximum atomic E-state index is 11.6. The Morgan fingerprint density at radius 2 is 2.06 bits per heavy atom. The number of hydrogen-bond donors (Lipinski definition) is 2. The minimum absolute atomic E-state index is 0.101. The standard InChI is InChI=1S/C12H19N3O3/c16-10(14-8-9-2-1-6-13-9)5-7-15-11(17)3-4-12(15)18/h9,13H,1-8H2,(H,14,16). The summed E-state index contributed by atoms with van der Waals surface area (Å²) in [5.74, 6) is -0.424. The molecule has 2 heterocycles. The average Bonchev–Trinajstić information content (AvgIpc) is 2.96. The normalized spacial score (nSPS) is 23.8. The van der Waals surface area contributed by atoms with Gasteiger partial charge in [-0.05, 0) is 19.4 Å². The number of amides is 3. The largest absolute Gasteiger partial charge is 0.354 e. The first-order chi connectivity index (χ1) is 8.66. The van der Waals surface area contributed by atoms with Crippen molar-refractivity contribution in [3.63, 3.8) is 0 Å². The van der Waals surface area contributed by atoms with Gasteiger partial charge in [-0.25, -0.2) is 0 Å². The third kappa shape index (κ3) is 3.29. The zero-order chi connectivity index (χ0) is 13.0. The fraction of sp³-hybridized carbons (Fsp3) is 0.750. The lowest BCUT2D eigenvalue weighted by molar-refractivity contribution is -0.138. The Hall–Kier alpha value is -1.43. The smallest absolute Gasteiger partial charge is 0.229 e. The molecule has 0 radical (unpaired) electrons. The van der Waals surface area contributed by atoms with Gasteiger partial charge in [0, 0.05) is 38.4 Å². The molecule has 0 aliphatic carbocycles. The molecule has 0 aromatic carbocycles. The molecule has 1 atom stereocenters. The van der Waals surface area contributed by atoms with Crippen molar-refractivity contribution >= 4 is 17.7 Å². The second-order valence-electron chi connectivity index (χ2n) is 4.79. The summed E-state index contributed by atoms with van der Waals surface area (Å²) in [4.78, 5) is 35.4. The van der Waals surface area contributed by atoms with Gasteiger partial charge in [0.2, 0.25) is 17.7 Å². The fourth-order valence-corrected chi connectivity index (χ4v) is 2.34. The number of likely N-dealkylation sites (tertiary alicyclic amines) is 1. The van der Waals surface area contributed by atoms with Crippen LogP contribution in [0.4, 0.5) is 0 Å². The highest BCUT2D eigenvalue weighted by Gasteiger charge is 2.28. The summed E-state index contributed by atoms with van der Waals surface area (Å²) in [5, 5.41) is 6.12. The predicted molar refractivity (Wildman–Crippen MR) is 64.6 cm³/mol. The van der Waals surface area contributed by atoms with Crippen LogP contribution >= 0.6 is 0 Å². The van der Waals surface area contributed by atoms with Gasteiger partial charge in [-0.2, -0.15) is 0 Å². The summed E-state index contributed by atoms with van der Waals surface area (Å²) < 4.78 is 0. The maximum Gasteiger partial charge on any atom is 0.229 e. The second kappa shape index (κ2) is 5.95. The van der Waals surface area contributed by atoms with Gasteiger partial charge in [0.1, 0.15) is 0 Å². The van der Waals surface area contributed by atoms with Crippen molar-refractivity contribution < 1.29 is 14.4 Å². The first-order valence-corrected chi connectivity index (χ1v) is 6.50. The van der Waals surface area contributed by atoms with Gasteiger partial charge >= 0.3 is 0 Å². The molecule has 0 bridgehead atoms. The molecule has 0 saturated carbocycles. The van der Waals surface area contributed by atoms with E-state index in [1.54, 1.807) is 0 Å². The topological polar surface area (TPSA) is 78.5 Å². The van der Waals surface area contributed by atoms with E-state index >= 15 is 0 Å². The van der Waals surface area contributed by atoms with Crippen LogP contribution in [0, 0.1) is 0 Å². The molecule has 2 saturated heterocycles. The molecule has 2 N–H and O–H groups in total. The lowest BCUT2D eigenvalue weighted by atomic mass is 10.2. The van der Waals surface area contributed by atoms with Crippen LogP contribution in [-0.4, -0.2) is 48.3 Å². The van der Waals surface area contributed by atoms with Gasteiger partial charge < -0.3 is 10.6 Å². The molecule has 6 heteroatoms. The Balaban J connectivity index is 1.65. The van der Waals surface area contributed by atoms with Crippen molar-refractivity contribution in [2.24, 2.45) is 0 Å². The van der Waals surface area contributed by atoms with Gasteiger partial charge in [-0.3, -0.25) is 19.3 Å². The first kappa shape index (κ1) is 13.0. The molecule has 0 aromatic rings. The number of hydrogen-bond acceptors (Lipinski definition) is 4. The highest BCUT2D eigenvalue weighted by molar-refractivity contribution is 6.02. The van der Waals surface area contributed by atoms with Gasteiger partial charge in [0.05, 0.1) is 0 Å². The quantitative estimate of drug-likeness (QED) is 0.641. The Morgan fingerprint density at radius 3 is 2.67 bits per heavy atom. The SMILES string of the molecule is O=C(CCN1C(=O)CCC1=O)NCC1CCCN1. The number of carbonyl (C=O) groups is 3. The van der Waals surface area contributed by atoms with Gasteiger partial charge in [-0.1, -0.05) is 0 Å². The van der Waals surface area contributed by atoms with Crippen molar-refractivity contribution in [3.8, 4) is 0 Å². The average molecular weight is 253 g/mol. The maximum absolute atomic E-state index is 11.6. The molecular weight excluding hydrogens is 234 g/mol. The van der Waals surface area contributed by atoms with Crippen molar-refractivity contribution in [1.82, 2.24) is 15.5 Å².